The Balaban J connectivity index is 1.70. The fourth-order valence-electron chi connectivity index (χ4n) is 1.57. The third kappa shape index (κ3) is 3.36. The average molecular weight is 220 g/mol. The molecule has 0 amide bonds. The average Bonchev–Trinajstić information content (AvgIpc) is 2.30. The van der Waals surface area contributed by atoms with Gasteiger partial charge in [0.2, 0.25) is 0 Å². The molecule has 1 heterocycles. The quantitative estimate of drug-likeness (QED) is 0.778. The van der Waals surface area contributed by atoms with E-state index in [1.54, 1.807) is 0 Å². The van der Waals surface area contributed by atoms with Gasteiger partial charge in [0, 0.05) is 0 Å². The van der Waals surface area contributed by atoms with Crippen LogP contribution in [-0.2, 0) is 20.8 Å². The second kappa shape index (κ2) is 5.68. The number of ether oxygens (including phenoxy) is 3. The molecule has 1 aromatic rings. The van der Waals surface area contributed by atoms with Crippen molar-refractivity contribution in [2.24, 2.45) is 0 Å². The first-order chi connectivity index (χ1) is 7.84. The molecule has 0 N–H and O–H groups in total. The van der Waals surface area contributed by atoms with E-state index in [1.165, 1.54) is 0 Å². The molecule has 0 bridgehead atoms. The molecule has 2 rings (SSSR count). The number of rotatable bonds is 4. The van der Waals surface area contributed by atoms with Crippen molar-refractivity contribution in [1.29, 1.82) is 0 Å². The molecule has 1 aliphatic heterocycles. The predicted molar refractivity (Wildman–Crippen MR) is 60.9 cm³/mol. The minimum Gasteiger partial charge on any atom is -0.488 e. The van der Waals surface area contributed by atoms with Crippen LogP contribution in [0.25, 0.3) is 0 Å². The van der Waals surface area contributed by atoms with Gasteiger partial charge >= 0.3 is 0 Å². The van der Waals surface area contributed by atoms with Gasteiger partial charge in [-0.25, -0.2) is 0 Å². The summed E-state index contributed by atoms with van der Waals surface area (Å²) in [4.78, 5) is 0. The van der Waals surface area contributed by atoms with Crippen molar-refractivity contribution < 1.29 is 14.2 Å². The Kier molecular flexibility index (Phi) is 3.97. The first kappa shape index (κ1) is 11.2. The Morgan fingerprint density at radius 1 is 1.31 bits per heavy atom. The van der Waals surface area contributed by atoms with Crippen LogP contribution >= 0.6 is 0 Å². The minimum atomic E-state index is -0.0232. The lowest BCUT2D eigenvalue weighted by molar-refractivity contribution is -0.0806. The highest BCUT2D eigenvalue weighted by Crippen LogP contribution is 2.10. The summed E-state index contributed by atoms with van der Waals surface area (Å²) in [6.07, 6.45) is -0.0232. The Morgan fingerprint density at radius 3 is 2.88 bits per heavy atom. The number of benzene rings is 1. The lowest BCUT2D eigenvalue weighted by Gasteiger charge is -2.25. The van der Waals surface area contributed by atoms with E-state index in [9.17, 15) is 0 Å². The maximum atomic E-state index is 5.56. The van der Waals surface area contributed by atoms with E-state index in [0.29, 0.717) is 32.2 Å². The van der Waals surface area contributed by atoms with Crippen LogP contribution in [0.4, 0.5) is 0 Å². The van der Waals surface area contributed by atoms with Crippen LogP contribution in [-0.4, -0.2) is 25.9 Å². The molecule has 0 saturated carbocycles. The number of hydrogen-bond donors (Lipinski definition) is 0. The lowest BCUT2D eigenvalue weighted by Crippen LogP contribution is -2.30. The van der Waals surface area contributed by atoms with Gasteiger partial charge in [0.15, 0.2) is 0 Å². The van der Waals surface area contributed by atoms with Gasteiger partial charge in [-0.1, -0.05) is 36.9 Å². The maximum absolute atomic E-state index is 5.56. The first-order valence-corrected chi connectivity index (χ1v) is 5.38. The van der Waals surface area contributed by atoms with Crippen molar-refractivity contribution in [2.75, 3.05) is 19.8 Å². The highest BCUT2D eigenvalue weighted by Gasteiger charge is 2.17. The third-order valence-electron chi connectivity index (χ3n) is 2.32. The largest absolute Gasteiger partial charge is 0.488 e. The second-order valence-electron chi connectivity index (χ2n) is 3.79. The third-order valence-corrected chi connectivity index (χ3v) is 2.32. The lowest BCUT2D eigenvalue weighted by atomic mass is 10.2. The highest BCUT2D eigenvalue weighted by atomic mass is 16.6. The van der Waals surface area contributed by atoms with Gasteiger partial charge in [0.1, 0.15) is 18.5 Å². The van der Waals surface area contributed by atoms with Crippen LogP contribution in [0.5, 0.6) is 0 Å². The van der Waals surface area contributed by atoms with Crippen LogP contribution in [0.3, 0.4) is 0 Å². The Bertz CT molecular complexity index is 334. The van der Waals surface area contributed by atoms with Gasteiger partial charge in [0.05, 0.1) is 19.8 Å². The van der Waals surface area contributed by atoms with Gasteiger partial charge in [0.25, 0.3) is 0 Å². The summed E-state index contributed by atoms with van der Waals surface area (Å²) in [7, 11) is 0. The molecule has 1 saturated heterocycles. The van der Waals surface area contributed by atoms with Crippen LogP contribution in [0.2, 0.25) is 0 Å². The zero-order valence-electron chi connectivity index (χ0n) is 9.22. The molecular formula is C13H16O3. The summed E-state index contributed by atoms with van der Waals surface area (Å²) in [5.74, 6) is 0.680. The molecule has 1 unspecified atom stereocenters. The number of hydrogen-bond acceptors (Lipinski definition) is 3. The van der Waals surface area contributed by atoms with Crippen LogP contribution < -0.4 is 0 Å². The second-order valence-corrected chi connectivity index (χ2v) is 3.79. The predicted octanol–water partition coefficient (Wildman–Crippen LogP) is 2.13. The summed E-state index contributed by atoms with van der Waals surface area (Å²) < 4.78 is 16.3. The van der Waals surface area contributed by atoms with Gasteiger partial charge in [-0.2, -0.15) is 0 Å². The molecular weight excluding hydrogens is 204 g/mol. The molecule has 1 aromatic carbocycles. The molecule has 3 heteroatoms. The molecule has 1 atom stereocenters. The van der Waals surface area contributed by atoms with E-state index in [-0.39, 0.29) is 6.10 Å². The highest BCUT2D eigenvalue weighted by molar-refractivity contribution is 5.13. The SMILES string of the molecule is C=C1COCC(COCc2ccccc2)O1. The standard InChI is InChI=1S/C13H16O3/c1-11-7-14-9-13(16-11)10-15-8-12-5-3-2-4-6-12/h2-6,13H,1,7-10H2. The van der Waals surface area contributed by atoms with E-state index in [2.05, 4.69) is 6.58 Å². The van der Waals surface area contributed by atoms with Crippen molar-refractivity contribution >= 4 is 0 Å². The van der Waals surface area contributed by atoms with Crippen LogP contribution in [0.15, 0.2) is 42.7 Å². The molecule has 1 fully saturated rings. The smallest absolute Gasteiger partial charge is 0.145 e. The zero-order chi connectivity index (χ0) is 11.2. The monoisotopic (exact) mass is 220 g/mol. The summed E-state index contributed by atoms with van der Waals surface area (Å²) >= 11 is 0. The summed E-state index contributed by atoms with van der Waals surface area (Å²) in [5, 5.41) is 0. The van der Waals surface area contributed by atoms with Crippen LogP contribution in [0, 0.1) is 0 Å². The van der Waals surface area contributed by atoms with Gasteiger partial charge in [-0.15, -0.1) is 0 Å². The molecule has 1 aliphatic rings. The summed E-state index contributed by atoms with van der Waals surface area (Å²) in [5.41, 5.74) is 1.16. The first-order valence-electron chi connectivity index (χ1n) is 5.38. The van der Waals surface area contributed by atoms with E-state index in [0.717, 1.165) is 5.56 Å². The van der Waals surface area contributed by atoms with E-state index in [4.69, 9.17) is 14.2 Å². The summed E-state index contributed by atoms with van der Waals surface area (Å²) in [6, 6.07) is 10.1. The van der Waals surface area contributed by atoms with Crippen molar-refractivity contribution in [3.63, 3.8) is 0 Å². The van der Waals surface area contributed by atoms with Crippen molar-refractivity contribution in [2.45, 2.75) is 12.7 Å². The van der Waals surface area contributed by atoms with Gasteiger partial charge in [-0.3, -0.25) is 0 Å². The zero-order valence-corrected chi connectivity index (χ0v) is 9.22. The Labute approximate surface area is 95.6 Å². The fourth-order valence-corrected chi connectivity index (χ4v) is 1.57. The van der Waals surface area contributed by atoms with Crippen LogP contribution in [0.1, 0.15) is 5.56 Å². The molecule has 0 radical (unpaired) electrons. The minimum absolute atomic E-state index is 0.0232. The van der Waals surface area contributed by atoms with Gasteiger partial charge < -0.3 is 14.2 Å². The molecule has 0 aliphatic carbocycles. The topological polar surface area (TPSA) is 27.7 Å². The molecule has 16 heavy (non-hydrogen) atoms. The van der Waals surface area contributed by atoms with Gasteiger partial charge in [-0.05, 0) is 5.56 Å². The van der Waals surface area contributed by atoms with E-state index < -0.39 is 0 Å². The normalized spacial score (nSPS) is 20.5. The maximum Gasteiger partial charge on any atom is 0.145 e. The molecule has 0 aromatic heterocycles. The van der Waals surface area contributed by atoms with E-state index in [1.807, 2.05) is 30.3 Å². The van der Waals surface area contributed by atoms with Crippen molar-refractivity contribution in [3.05, 3.63) is 48.2 Å². The molecule has 0 spiro atoms. The molecule has 3 nitrogen and oxygen atoms in total. The van der Waals surface area contributed by atoms with Crippen molar-refractivity contribution in [1.82, 2.24) is 0 Å². The van der Waals surface area contributed by atoms with Crippen molar-refractivity contribution in [3.8, 4) is 0 Å². The van der Waals surface area contributed by atoms with E-state index >= 15 is 0 Å². The Hall–Kier alpha value is -1.32. The Morgan fingerprint density at radius 2 is 2.12 bits per heavy atom. The fraction of sp³-hybridized carbons (Fsp3) is 0.385. The summed E-state index contributed by atoms with van der Waals surface area (Å²) in [6.45, 7) is 5.94. The molecule has 86 valence electrons.